The number of carbonyl (C=O) groups excluding carboxylic acids is 2. The Morgan fingerprint density at radius 3 is 2.52 bits per heavy atom. The number of carbonyl (C=O) groups is 2. The molecular formula is C23H27N3O2S. The predicted octanol–water partition coefficient (Wildman–Crippen LogP) is 4.40. The zero-order valence-corrected chi connectivity index (χ0v) is 17.8. The summed E-state index contributed by atoms with van der Waals surface area (Å²) in [7, 11) is 0. The van der Waals surface area contributed by atoms with Crippen molar-refractivity contribution in [1.29, 1.82) is 0 Å². The van der Waals surface area contributed by atoms with E-state index in [1.807, 2.05) is 60.0 Å². The average molecular weight is 410 g/mol. The summed E-state index contributed by atoms with van der Waals surface area (Å²) in [6, 6.07) is 16.0. The lowest BCUT2D eigenvalue weighted by Crippen LogP contribution is -2.53. The van der Waals surface area contributed by atoms with Gasteiger partial charge in [-0.2, -0.15) is 0 Å². The topological polar surface area (TPSA) is 52.7 Å². The molecule has 2 aromatic rings. The van der Waals surface area contributed by atoms with E-state index in [0.717, 1.165) is 35.2 Å². The van der Waals surface area contributed by atoms with Crippen LogP contribution in [0.25, 0.3) is 0 Å². The fraction of sp³-hybridized carbons (Fsp3) is 0.391. The first-order valence-corrected chi connectivity index (χ1v) is 11.1. The van der Waals surface area contributed by atoms with Crippen LogP contribution < -0.4 is 5.32 Å². The maximum absolute atomic E-state index is 12.8. The molecule has 2 aliphatic rings. The molecule has 0 saturated carbocycles. The van der Waals surface area contributed by atoms with Gasteiger partial charge in [0.05, 0.1) is 10.6 Å². The van der Waals surface area contributed by atoms with Gasteiger partial charge >= 0.3 is 6.03 Å². The number of urea groups is 1. The van der Waals surface area contributed by atoms with Crippen molar-refractivity contribution < 1.29 is 9.59 Å². The molecule has 0 aliphatic carbocycles. The van der Waals surface area contributed by atoms with E-state index in [9.17, 15) is 9.59 Å². The van der Waals surface area contributed by atoms with Crippen LogP contribution in [-0.2, 0) is 11.3 Å². The summed E-state index contributed by atoms with van der Waals surface area (Å²) in [5, 5.41) is 3.06. The lowest BCUT2D eigenvalue weighted by atomic mass is 10.0. The van der Waals surface area contributed by atoms with E-state index < -0.39 is 0 Å². The highest BCUT2D eigenvalue weighted by molar-refractivity contribution is 8.01. The first-order valence-electron chi connectivity index (χ1n) is 10.1. The molecule has 0 atom stereocenters. The number of likely N-dealkylation sites (tertiary alicyclic amines) is 1. The van der Waals surface area contributed by atoms with E-state index in [2.05, 4.69) is 17.4 Å². The highest BCUT2D eigenvalue weighted by Crippen LogP contribution is 2.45. The highest BCUT2D eigenvalue weighted by atomic mass is 32.2. The molecule has 2 aromatic carbocycles. The number of benzene rings is 2. The summed E-state index contributed by atoms with van der Waals surface area (Å²) in [5.41, 5.74) is 4.28. The highest BCUT2D eigenvalue weighted by Gasteiger charge is 2.48. The SMILES string of the molecule is Cc1cccc(NC(=O)N2CCC3(CC2)SCC(=O)N3Cc2ccccc2)c1C. The molecule has 0 bridgehead atoms. The van der Waals surface area contributed by atoms with Gasteiger partial charge in [0.25, 0.3) is 0 Å². The van der Waals surface area contributed by atoms with E-state index in [-0.39, 0.29) is 16.8 Å². The summed E-state index contributed by atoms with van der Waals surface area (Å²) < 4.78 is 0. The second-order valence-corrected chi connectivity index (χ2v) is 9.20. The van der Waals surface area contributed by atoms with Crippen molar-refractivity contribution in [2.75, 3.05) is 24.2 Å². The number of hydrogen-bond donors (Lipinski definition) is 1. The molecule has 3 amide bonds. The van der Waals surface area contributed by atoms with Crippen molar-refractivity contribution in [2.45, 2.75) is 38.1 Å². The third kappa shape index (κ3) is 3.99. The quantitative estimate of drug-likeness (QED) is 0.817. The molecule has 4 rings (SSSR count). The maximum Gasteiger partial charge on any atom is 0.321 e. The normalized spacial score (nSPS) is 18.3. The first kappa shape index (κ1) is 19.8. The molecular weight excluding hydrogens is 382 g/mol. The van der Waals surface area contributed by atoms with Crippen molar-refractivity contribution in [3.05, 3.63) is 65.2 Å². The van der Waals surface area contributed by atoms with Gasteiger partial charge in [-0.3, -0.25) is 4.79 Å². The third-order valence-corrected chi connectivity index (χ3v) is 7.68. The van der Waals surface area contributed by atoms with Gasteiger partial charge in [0, 0.05) is 25.3 Å². The monoisotopic (exact) mass is 409 g/mol. The number of nitrogens with zero attached hydrogens (tertiary/aromatic N) is 2. The van der Waals surface area contributed by atoms with Crippen LogP contribution in [0, 0.1) is 13.8 Å². The van der Waals surface area contributed by atoms with E-state index >= 15 is 0 Å². The smallest absolute Gasteiger partial charge is 0.321 e. The summed E-state index contributed by atoms with van der Waals surface area (Å²) in [6.45, 7) is 6.02. The molecule has 2 fully saturated rings. The Labute approximate surface area is 176 Å². The number of anilines is 1. The first-order chi connectivity index (χ1) is 14.0. The number of amides is 3. The Bertz CT molecular complexity index is 908. The average Bonchev–Trinajstić information content (AvgIpc) is 3.02. The Hall–Kier alpha value is -2.47. The molecule has 29 heavy (non-hydrogen) atoms. The Balaban J connectivity index is 1.41. The fourth-order valence-corrected chi connectivity index (χ4v) is 5.47. The van der Waals surface area contributed by atoms with Crippen molar-refractivity contribution in [1.82, 2.24) is 9.80 Å². The minimum atomic E-state index is -0.192. The summed E-state index contributed by atoms with van der Waals surface area (Å²) >= 11 is 1.74. The molecule has 0 radical (unpaired) electrons. The van der Waals surface area contributed by atoms with Crippen LogP contribution in [0.1, 0.15) is 29.5 Å². The standard InChI is InChI=1S/C23H27N3O2S/c1-17-7-6-10-20(18(17)2)24-22(28)25-13-11-23(12-14-25)26(21(27)16-29-23)15-19-8-4-3-5-9-19/h3-10H,11-16H2,1-2H3,(H,24,28). The van der Waals surface area contributed by atoms with E-state index in [0.29, 0.717) is 25.4 Å². The fourth-order valence-electron chi connectivity index (χ4n) is 4.13. The molecule has 2 aliphatic heterocycles. The second-order valence-electron chi connectivity index (χ2n) is 7.87. The third-order valence-electron chi connectivity index (χ3n) is 6.12. The number of thioether (sulfide) groups is 1. The van der Waals surface area contributed by atoms with Crippen LogP contribution in [0.15, 0.2) is 48.5 Å². The van der Waals surface area contributed by atoms with E-state index in [4.69, 9.17) is 0 Å². The number of nitrogens with one attached hydrogen (secondary N) is 1. The number of piperidine rings is 1. The largest absolute Gasteiger partial charge is 0.324 e. The van der Waals surface area contributed by atoms with Crippen LogP contribution in [-0.4, -0.2) is 45.5 Å². The molecule has 1 N–H and O–H groups in total. The summed E-state index contributed by atoms with van der Waals surface area (Å²) in [6.07, 6.45) is 1.60. The Morgan fingerprint density at radius 1 is 1.07 bits per heavy atom. The maximum atomic E-state index is 12.8. The van der Waals surface area contributed by atoms with Gasteiger partial charge in [-0.1, -0.05) is 42.5 Å². The number of rotatable bonds is 3. The number of aryl methyl sites for hydroxylation is 1. The van der Waals surface area contributed by atoms with Crippen molar-refractivity contribution in [3.8, 4) is 0 Å². The lowest BCUT2D eigenvalue weighted by Gasteiger charge is -2.44. The lowest BCUT2D eigenvalue weighted by molar-refractivity contribution is -0.131. The van der Waals surface area contributed by atoms with Crippen LogP contribution in [0.2, 0.25) is 0 Å². The summed E-state index contributed by atoms with van der Waals surface area (Å²) in [5.74, 6) is 0.730. The molecule has 6 heteroatoms. The minimum Gasteiger partial charge on any atom is -0.324 e. The van der Waals surface area contributed by atoms with Gasteiger partial charge in [0.1, 0.15) is 0 Å². The predicted molar refractivity (Wildman–Crippen MR) is 118 cm³/mol. The number of hydrogen-bond acceptors (Lipinski definition) is 3. The van der Waals surface area contributed by atoms with Gasteiger partial charge in [-0.05, 0) is 49.4 Å². The molecule has 5 nitrogen and oxygen atoms in total. The molecule has 0 unspecified atom stereocenters. The Morgan fingerprint density at radius 2 is 1.79 bits per heavy atom. The van der Waals surface area contributed by atoms with Gasteiger partial charge in [0.15, 0.2) is 0 Å². The van der Waals surface area contributed by atoms with Gasteiger partial charge in [-0.15, -0.1) is 11.8 Å². The minimum absolute atomic E-state index is 0.0579. The van der Waals surface area contributed by atoms with Crippen molar-refractivity contribution in [2.24, 2.45) is 0 Å². The van der Waals surface area contributed by atoms with Crippen molar-refractivity contribution in [3.63, 3.8) is 0 Å². The van der Waals surface area contributed by atoms with Gasteiger partial charge in [-0.25, -0.2) is 4.79 Å². The van der Waals surface area contributed by atoms with Crippen LogP contribution in [0.3, 0.4) is 0 Å². The van der Waals surface area contributed by atoms with Crippen molar-refractivity contribution >= 4 is 29.4 Å². The molecule has 152 valence electrons. The molecule has 2 saturated heterocycles. The molecule has 2 heterocycles. The molecule has 0 aromatic heterocycles. The van der Waals surface area contributed by atoms with Gasteiger partial charge < -0.3 is 15.1 Å². The van der Waals surface area contributed by atoms with E-state index in [1.54, 1.807) is 11.8 Å². The Kier molecular flexibility index (Phi) is 5.54. The summed E-state index contributed by atoms with van der Waals surface area (Å²) in [4.78, 5) is 29.1. The molecule has 1 spiro atoms. The zero-order valence-electron chi connectivity index (χ0n) is 17.0. The van der Waals surface area contributed by atoms with Crippen LogP contribution in [0.4, 0.5) is 10.5 Å². The van der Waals surface area contributed by atoms with Crippen LogP contribution in [0.5, 0.6) is 0 Å². The second kappa shape index (κ2) is 8.11. The van der Waals surface area contributed by atoms with Crippen LogP contribution >= 0.6 is 11.8 Å². The zero-order chi connectivity index (χ0) is 20.4. The van der Waals surface area contributed by atoms with E-state index in [1.165, 1.54) is 0 Å². The van der Waals surface area contributed by atoms with Gasteiger partial charge in [0.2, 0.25) is 5.91 Å².